The number of fused-ring (bicyclic) bond motifs is 1. The Hall–Kier alpha value is -1.13. The lowest BCUT2D eigenvalue weighted by Gasteiger charge is -2.37. The normalized spacial score (nSPS) is 25.6. The van der Waals surface area contributed by atoms with Gasteiger partial charge in [0, 0.05) is 12.6 Å². The van der Waals surface area contributed by atoms with Crippen LogP contribution < -0.4 is 10.5 Å². The van der Waals surface area contributed by atoms with Crippen molar-refractivity contribution in [3.63, 3.8) is 0 Å². The average molecular weight is 304 g/mol. The number of rotatable bonds is 4. The van der Waals surface area contributed by atoms with E-state index >= 15 is 0 Å². The van der Waals surface area contributed by atoms with Crippen LogP contribution in [0.25, 0.3) is 0 Å². The lowest BCUT2D eigenvalue weighted by atomic mass is 9.91. The molecule has 1 aromatic rings. The minimum absolute atomic E-state index is 0.408. The van der Waals surface area contributed by atoms with Crippen molar-refractivity contribution in [2.45, 2.75) is 44.7 Å². The number of nitrogens with zero attached hydrogens (tertiary/aromatic N) is 1. The number of methoxy groups -OCH3 is 1. The molecule has 1 aliphatic carbocycles. The molecular formula is C17H24N2OS. The van der Waals surface area contributed by atoms with E-state index in [2.05, 4.69) is 17.0 Å². The first-order valence-corrected chi connectivity index (χ1v) is 8.30. The van der Waals surface area contributed by atoms with E-state index in [1.807, 2.05) is 6.07 Å². The van der Waals surface area contributed by atoms with Gasteiger partial charge in [-0.2, -0.15) is 0 Å². The summed E-state index contributed by atoms with van der Waals surface area (Å²) in [7, 11) is 1.66. The van der Waals surface area contributed by atoms with Gasteiger partial charge in [0.05, 0.1) is 12.7 Å². The van der Waals surface area contributed by atoms with Crippen LogP contribution in [-0.2, 0) is 6.54 Å². The summed E-state index contributed by atoms with van der Waals surface area (Å²) in [5.41, 5.74) is 7.95. The zero-order chi connectivity index (χ0) is 14.8. The number of thiocarbonyl (C=S) groups is 1. The molecule has 1 aromatic carbocycles. The summed E-state index contributed by atoms with van der Waals surface area (Å²) < 4.78 is 5.34. The van der Waals surface area contributed by atoms with Crippen LogP contribution in [-0.4, -0.2) is 29.6 Å². The number of likely N-dealkylation sites (tertiary alicyclic amines) is 1. The Morgan fingerprint density at radius 2 is 2.14 bits per heavy atom. The second-order valence-electron chi connectivity index (χ2n) is 6.27. The van der Waals surface area contributed by atoms with Crippen LogP contribution >= 0.6 is 12.2 Å². The molecular weight excluding hydrogens is 280 g/mol. The van der Waals surface area contributed by atoms with Crippen molar-refractivity contribution in [2.24, 2.45) is 11.7 Å². The molecule has 2 N–H and O–H groups in total. The number of ether oxygens (including phenoxy) is 1. The molecule has 2 fully saturated rings. The van der Waals surface area contributed by atoms with Gasteiger partial charge >= 0.3 is 0 Å². The van der Waals surface area contributed by atoms with Gasteiger partial charge in [0.2, 0.25) is 0 Å². The standard InChI is InChI=1S/C17H24N2OS/c1-20-16-8-7-12(10-14(16)17(18)21)11-19-9-3-5-13-4-2-6-15(13)19/h7-8,10,13,15H,2-6,9,11H2,1H3,(H2,18,21). The van der Waals surface area contributed by atoms with E-state index in [-0.39, 0.29) is 0 Å². The van der Waals surface area contributed by atoms with Gasteiger partial charge in [-0.1, -0.05) is 24.7 Å². The fraction of sp³-hybridized carbons (Fsp3) is 0.588. The van der Waals surface area contributed by atoms with E-state index in [9.17, 15) is 0 Å². The van der Waals surface area contributed by atoms with Gasteiger partial charge in [-0.05, 0) is 55.8 Å². The summed E-state index contributed by atoms with van der Waals surface area (Å²) in [6.07, 6.45) is 6.93. The summed E-state index contributed by atoms with van der Waals surface area (Å²) in [5.74, 6) is 1.69. The highest BCUT2D eigenvalue weighted by atomic mass is 32.1. The number of piperidine rings is 1. The van der Waals surface area contributed by atoms with Crippen molar-refractivity contribution < 1.29 is 4.74 Å². The Labute approximate surface area is 132 Å². The second kappa shape index (κ2) is 6.32. The molecule has 21 heavy (non-hydrogen) atoms. The zero-order valence-electron chi connectivity index (χ0n) is 12.7. The number of nitrogens with two attached hydrogens (primary N) is 1. The molecule has 114 valence electrons. The first-order valence-electron chi connectivity index (χ1n) is 7.90. The third-order valence-electron chi connectivity index (χ3n) is 5.02. The maximum atomic E-state index is 5.82. The molecule has 0 amide bonds. The molecule has 2 unspecified atom stereocenters. The van der Waals surface area contributed by atoms with Gasteiger partial charge in [-0.25, -0.2) is 0 Å². The average Bonchev–Trinajstić information content (AvgIpc) is 2.96. The molecule has 0 spiro atoms. The first-order chi connectivity index (χ1) is 10.2. The van der Waals surface area contributed by atoms with E-state index in [1.54, 1.807) is 7.11 Å². The van der Waals surface area contributed by atoms with Crippen molar-refractivity contribution in [1.29, 1.82) is 0 Å². The van der Waals surface area contributed by atoms with Crippen LogP contribution in [0.3, 0.4) is 0 Å². The van der Waals surface area contributed by atoms with Crippen molar-refractivity contribution in [2.75, 3.05) is 13.7 Å². The Kier molecular flexibility index (Phi) is 4.45. The van der Waals surface area contributed by atoms with Gasteiger partial charge < -0.3 is 10.5 Å². The highest BCUT2D eigenvalue weighted by molar-refractivity contribution is 7.80. The monoisotopic (exact) mass is 304 g/mol. The van der Waals surface area contributed by atoms with E-state index in [0.29, 0.717) is 4.99 Å². The minimum Gasteiger partial charge on any atom is -0.496 e. The molecule has 0 bridgehead atoms. The van der Waals surface area contributed by atoms with E-state index in [0.717, 1.165) is 29.8 Å². The molecule has 0 aromatic heterocycles. The van der Waals surface area contributed by atoms with E-state index in [1.165, 1.54) is 44.2 Å². The third-order valence-corrected chi connectivity index (χ3v) is 5.24. The molecule has 3 nitrogen and oxygen atoms in total. The zero-order valence-corrected chi connectivity index (χ0v) is 13.5. The van der Waals surface area contributed by atoms with Crippen LogP contribution in [0.2, 0.25) is 0 Å². The van der Waals surface area contributed by atoms with Crippen LogP contribution in [0, 0.1) is 5.92 Å². The van der Waals surface area contributed by atoms with Gasteiger partial charge in [0.15, 0.2) is 0 Å². The third kappa shape index (κ3) is 3.06. The molecule has 2 atom stereocenters. The second-order valence-corrected chi connectivity index (χ2v) is 6.71. The minimum atomic E-state index is 0.408. The lowest BCUT2D eigenvalue weighted by Crippen LogP contribution is -2.41. The molecule has 0 radical (unpaired) electrons. The molecule has 2 aliphatic rings. The predicted molar refractivity (Wildman–Crippen MR) is 89.7 cm³/mol. The smallest absolute Gasteiger partial charge is 0.129 e. The summed E-state index contributed by atoms with van der Waals surface area (Å²) >= 11 is 5.14. The summed E-state index contributed by atoms with van der Waals surface area (Å²) in [6, 6.07) is 7.01. The highest BCUT2D eigenvalue weighted by Crippen LogP contribution is 2.37. The SMILES string of the molecule is COc1ccc(CN2CCCC3CCCC32)cc1C(N)=S. The number of benzene rings is 1. The van der Waals surface area contributed by atoms with Gasteiger partial charge in [-0.3, -0.25) is 4.90 Å². The molecule has 3 rings (SSSR count). The Bertz CT molecular complexity index is 532. The van der Waals surface area contributed by atoms with E-state index in [4.69, 9.17) is 22.7 Å². The first kappa shape index (κ1) is 14.8. The summed E-state index contributed by atoms with van der Waals surface area (Å²) in [5, 5.41) is 0. The Balaban J connectivity index is 1.78. The highest BCUT2D eigenvalue weighted by Gasteiger charge is 2.34. The molecule has 1 aliphatic heterocycles. The lowest BCUT2D eigenvalue weighted by molar-refractivity contribution is 0.106. The Morgan fingerprint density at radius 1 is 1.33 bits per heavy atom. The van der Waals surface area contributed by atoms with Crippen LogP contribution in [0.5, 0.6) is 5.75 Å². The Morgan fingerprint density at radius 3 is 2.90 bits per heavy atom. The van der Waals surface area contributed by atoms with Crippen molar-refractivity contribution in [3.8, 4) is 5.75 Å². The largest absolute Gasteiger partial charge is 0.496 e. The fourth-order valence-electron chi connectivity index (χ4n) is 4.03. The molecule has 1 saturated heterocycles. The van der Waals surface area contributed by atoms with E-state index < -0.39 is 0 Å². The summed E-state index contributed by atoms with van der Waals surface area (Å²) in [6.45, 7) is 2.22. The van der Waals surface area contributed by atoms with Gasteiger partial charge in [-0.15, -0.1) is 0 Å². The summed E-state index contributed by atoms with van der Waals surface area (Å²) in [4.78, 5) is 3.07. The number of hydrogen-bond donors (Lipinski definition) is 1. The van der Waals surface area contributed by atoms with Crippen LogP contribution in [0.15, 0.2) is 18.2 Å². The maximum absolute atomic E-state index is 5.82. The quantitative estimate of drug-likeness (QED) is 0.868. The molecule has 1 heterocycles. The van der Waals surface area contributed by atoms with Crippen molar-refractivity contribution in [1.82, 2.24) is 4.90 Å². The fourth-order valence-corrected chi connectivity index (χ4v) is 4.19. The van der Waals surface area contributed by atoms with Crippen molar-refractivity contribution >= 4 is 17.2 Å². The van der Waals surface area contributed by atoms with Crippen molar-refractivity contribution in [3.05, 3.63) is 29.3 Å². The van der Waals surface area contributed by atoms with Crippen LogP contribution in [0.1, 0.15) is 43.2 Å². The van der Waals surface area contributed by atoms with Gasteiger partial charge in [0.25, 0.3) is 0 Å². The molecule has 4 heteroatoms. The van der Waals surface area contributed by atoms with Crippen LogP contribution in [0.4, 0.5) is 0 Å². The predicted octanol–water partition coefficient (Wildman–Crippen LogP) is 3.09. The molecule has 1 saturated carbocycles. The van der Waals surface area contributed by atoms with Gasteiger partial charge in [0.1, 0.15) is 10.7 Å². The maximum Gasteiger partial charge on any atom is 0.129 e. The number of hydrogen-bond acceptors (Lipinski definition) is 3. The topological polar surface area (TPSA) is 38.5 Å².